The summed E-state index contributed by atoms with van der Waals surface area (Å²) >= 11 is 0. The fourth-order valence-electron chi connectivity index (χ4n) is 3.27. The number of ether oxygens (including phenoxy) is 1. The van der Waals surface area contributed by atoms with Crippen molar-refractivity contribution in [3.63, 3.8) is 0 Å². The third-order valence-corrected chi connectivity index (χ3v) is 5.09. The van der Waals surface area contributed by atoms with Gasteiger partial charge in [-0.1, -0.05) is 116 Å². The van der Waals surface area contributed by atoms with Crippen LogP contribution in [0.2, 0.25) is 0 Å². The lowest BCUT2D eigenvalue weighted by molar-refractivity contribution is -0.133. The van der Waals surface area contributed by atoms with Crippen LogP contribution in [0, 0.1) is 0 Å². The Hall–Kier alpha value is -1.05. The molecule has 0 rings (SSSR count). The van der Waals surface area contributed by atoms with Crippen molar-refractivity contribution in [1.29, 1.82) is 0 Å². The summed E-state index contributed by atoms with van der Waals surface area (Å²) in [5, 5.41) is 0. The maximum absolute atomic E-state index is 11.2. The number of allylic oxidation sites excluding steroid dienone is 1. The second-order valence-corrected chi connectivity index (χ2v) is 8.00. The number of esters is 1. The molecule has 27 heavy (non-hydrogen) atoms. The predicted octanol–water partition coefficient (Wildman–Crippen LogP) is 8.66. The van der Waals surface area contributed by atoms with E-state index in [0.717, 1.165) is 6.42 Å². The molecule has 0 saturated carbocycles. The zero-order valence-electron chi connectivity index (χ0n) is 18.4. The quantitative estimate of drug-likeness (QED) is 0.0916. The average molecular weight is 379 g/mol. The highest BCUT2D eigenvalue weighted by atomic mass is 16.5. The molecule has 0 amide bonds. The van der Waals surface area contributed by atoms with Gasteiger partial charge in [-0.15, -0.1) is 0 Å². The third-order valence-electron chi connectivity index (χ3n) is 5.09. The molecule has 0 aliphatic rings. The maximum Gasteiger partial charge on any atom is 0.337 e. The molecule has 158 valence electrons. The number of carbonyl (C=O) groups is 1. The molecule has 0 spiro atoms. The predicted molar refractivity (Wildman–Crippen MR) is 119 cm³/mol. The topological polar surface area (TPSA) is 26.3 Å². The highest BCUT2D eigenvalue weighted by Gasteiger charge is 1.98. The number of hydrogen-bond acceptors (Lipinski definition) is 2. The second kappa shape index (κ2) is 21.3. The van der Waals surface area contributed by atoms with Gasteiger partial charge in [0.25, 0.3) is 0 Å². The van der Waals surface area contributed by atoms with Crippen molar-refractivity contribution in [3.05, 3.63) is 24.5 Å². The number of unbranched alkanes of at least 4 members (excludes halogenated alkanes) is 17. The molecule has 2 nitrogen and oxygen atoms in total. The van der Waals surface area contributed by atoms with Crippen molar-refractivity contribution < 1.29 is 9.53 Å². The zero-order valence-corrected chi connectivity index (χ0v) is 18.4. The fourth-order valence-corrected chi connectivity index (χ4v) is 3.27. The van der Waals surface area contributed by atoms with Crippen LogP contribution in [-0.2, 0) is 9.53 Å². The summed E-state index contributed by atoms with van der Waals surface area (Å²) in [6.45, 7) is 7.49. The van der Waals surface area contributed by atoms with E-state index in [4.69, 9.17) is 4.74 Å². The molecule has 0 heterocycles. The monoisotopic (exact) mass is 378 g/mol. The van der Waals surface area contributed by atoms with Gasteiger partial charge in [0.05, 0.1) is 6.26 Å². The molecule has 0 bridgehead atoms. The molecule has 0 N–H and O–H groups in total. The van der Waals surface area contributed by atoms with Crippen LogP contribution >= 0.6 is 0 Å². The molecule has 0 aliphatic heterocycles. The summed E-state index contributed by atoms with van der Waals surface area (Å²) in [6, 6.07) is 0. The maximum atomic E-state index is 11.2. The Morgan fingerprint density at radius 3 is 1.44 bits per heavy atom. The van der Waals surface area contributed by atoms with Gasteiger partial charge in [-0.2, -0.15) is 0 Å². The van der Waals surface area contributed by atoms with Crippen molar-refractivity contribution in [3.8, 4) is 0 Å². The van der Waals surface area contributed by atoms with E-state index in [9.17, 15) is 4.79 Å². The molecular formula is C25H46O2. The van der Waals surface area contributed by atoms with Gasteiger partial charge in [0.1, 0.15) is 0 Å². The van der Waals surface area contributed by atoms with Crippen LogP contribution in [0.3, 0.4) is 0 Å². The first-order chi connectivity index (χ1) is 13.2. The van der Waals surface area contributed by atoms with Crippen LogP contribution in [0.1, 0.15) is 129 Å². The first-order valence-electron chi connectivity index (χ1n) is 11.7. The third kappa shape index (κ3) is 21.1. The number of rotatable bonds is 20. The van der Waals surface area contributed by atoms with Crippen molar-refractivity contribution in [2.45, 2.75) is 129 Å². The smallest absolute Gasteiger partial charge is 0.337 e. The van der Waals surface area contributed by atoms with E-state index in [-0.39, 0.29) is 5.97 Å². The van der Waals surface area contributed by atoms with Gasteiger partial charge in [0.2, 0.25) is 0 Å². The van der Waals surface area contributed by atoms with Crippen molar-refractivity contribution in [2.24, 2.45) is 0 Å². The summed E-state index contributed by atoms with van der Waals surface area (Å²) in [5.41, 5.74) is 0.442. The molecule has 2 heteroatoms. The van der Waals surface area contributed by atoms with Crippen LogP contribution in [0.5, 0.6) is 0 Å². The lowest BCUT2D eigenvalue weighted by atomic mass is 10.0. The minimum atomic E-state index is -0.339. The van der Waals surface area contributed by atoms with Crippen LogP contribution in [0.15, 0.2) is 24.5 Å². The van der Waals surface area contributed by atoms with Crippen molar-refractivity contribution in [1.82, 2.24) is 0 Å². The van der Waals surface area contributed by atoms with E-state index < -0.39 is 0 Å². The summed E-state index contributed by atoms with van der Waals surface area (Å²) in [6.07, 6.45) is 28.2. The Morgan fingerprint density at radius 1 is 0.704 bits per heavy atom. The number of hydrogen-bond donors (Lipinski definition) is 0. The van der Waals surface area contributed by atoms with E-state index in [2.05, 4.69) is 13.5 Å². The first kappa shape index (κ1) is 26.0. The lowest BCUT2D eigenvalue weighted by Gasteiger charge is -2.03. The molecule has 0 fully saturated rings. The summed E-state index contributed by atoms with van der Waals surface area (Å²) in [4.78, 5) is 11.2. The molecule has 0 aromatic rings. The molecule has 0 radical (unpaired) electrons. The normalized spacial score (nSPS) is 11.2. The van der Waals surface area contributed by atoms with E-state index in [0.29, 0.717) is 5.57 Å². The van der Waals surface area contributed by atoms with E-state index in [1.807, 2.05) is 6.08 Å². The Labute approximate surface area is 169 Å². The van der Waals surface area contributed by atoms with E-state index in [1.54, 1.807) is 6.92 Å². The molecule has 0 aromatic heterocycles. The second-order valence-electron chi connectivity index (χ2n) is 8.00. The molecule has 0 aliphatic carbocycles. The molecular weight excluding hydrogens is 332 g/mol. The van der Waals surface area contributed by atoms with Crippen LogP contribution in [-0.4, -0.2) is 5.97 Å². The van der Waals surface area contributed by atoms with Gasteiger partial charge in [-0.05, 0) is 25.8 Å². The Balaban J connectivity index is 3.12. The number of carbonyl (C=O) groups excluding carboxylic acids is 1. The summed E-state index contributed by atoms with van der Waals surface area (Å²) < 4.78 is 4.92. The summed E-state index contributed by atoms with van der Waals surface area (Å²) in [7, 11) is 0. The average Bonchev–Trinajstić information content (AvgIpc) is 2.66. The first-order valence-corrected chi connectivity index (χ1v) is 11.7. The summed E-state index contributed by atoms with van der Waals surface area (Å²) in [5.74, 6) is -0.339. The molecule has 0 atom stereocenters. The largest absolute Gasteiger partial charge is 0.431 e. The van der Waals surface area contributed by atoms with Gasteiger partial charge >= 0.3 is 5.97 Å². The molecule has 0 aromatic carbocycles. The van der Waals surface area contributed by atoms with Gasteiger partial charge in [0, 0.05) is 5.57 Å². The fraction of sp³-hybridized carbons (Fsp3) is 0.800. The standard InChI is InChI=1S/C25H46O2/c1-4-5-6-7-8-9-10-11-12-13-14-15-16-17-18-19-20-21-22-23-27-25(26)24(2)3/h22-23H,2,4-21H2,1,3H3. The van der Waals surface area contributed by atoms with E-state index in [1.165, 1.54) is 115 Å². The molecule has 0 saturated heterocycles. The van der Waals surface area contributed by atoms with Crippen LogP contribution in [0.4, 0.5) is 0 Å². The lowest BCUT2D eigenvalue weighted by Crippen LogP contribution is -1.98. The zero-order chi connectivity index (χ0) is 20.0. The molecule has 0 unspecified atom stereocenters. The van der Waals surface area contributed by atoms with Crippen molar-refractivity contribution in [2.75, 3.05) is 0 Å². The van der Waals surface area contributed by atoms with Gasteiger partial charge in [-0.25, -0.2) is 4.79 Å². The SMILES string of the molecule is C=C(C)C(=O)OC=CCCCCCCCCCCCCCCCCCCC. The minimum Gasteiger partial charge on any atom is -0.431 e. The van der Waals surface area contributed by atoms with Gasteiger partial charge < -0.3 is 4.74 Å². The highest BCUT2D eigenvalue weighted by Crippen LogP contribution is 2.14. The minimum absolute atomic E-state index is 0.339. The Kier molecular flexibility index (Phi) is 20.4. The van der Waals surface area contributed by atoms with Crippen LogP contribution in [0.25, 0.3) is 0 Å². The van der Waals surface area contributed by atoms with Gasteiger partial charge in [-0.3, -0.25) is 0 Å². The Morgan fingerprint density at radius 2 is 1.07 bits per heavy atom. The van der Waals surface area contributed by atoms with E-state index >= 15 is 0 Å². The van der Waals surface area contributed by atoms with Crippen molar-refractivity contribution >= 4 is 5.97 Å². The highest BCUT2D eigenvalue weighted by molar-refractivity contribution is 5.87. The van der Waals surface area contributed by atoms with Crippen LogP contribution < -0.4 is 0 Å². The van der Waals surface area contributed by atoms with Gasteiger partial charge in [0.15, 0.2) is 0 Å². The Bertz CT molecular complexity index is 371.